The van der Waals surface area contributed by atoms with Crippen molar-refractivity contribution in [3.63, 3.8) is 0 Å². The van der Waals surface area contributed by atoms with Gasteiger partial charge in [-0.15, -0.1) is 11.3 Å². The van der Waals surface area contributed by atoms with Crippen molar-refractivity contribution in [3.8, 4) is 5.75 Å². The number of carbonyl (C=O) groups excluding carboxylic acids is 3. The Labute approximate surface area is 217 Å². The average molecular weight is 526 g/mol. The Morgan fingerprint density at radius 1 is 1.06 bits per heavy atom. The van der Waals surface area contributed by atoms with Crippen LogP contribution in [0.15, 0.2) is 53.6 Å². The zero-order valence-electron chi connectivity index (χ0n) is 19.7. The summed E-state index contributed by atoms with van der Waals surface area (Å²) < 4.78 is 10.6. The van der Waals surface area contributed by atoms with Crippen molar-refractivity contribution in [1.29, 1.82) is 0 Å². The lowest BCUT2D eigenvalue weighted by molar-refractivity contribution is -0.136. The fraction of sp³-hybridized carbons (Fsp3) is 0.231. The highest BCUT2D eigenvalue weighted by molar-refractivity contribution is 7.17. The lowest BCUT2D eigenvalue weighted by Gasteiger charge is -2.09. The van der Waals surface area contributed by atoms with Gasteiger partial charge in [0.2, 0.25) is 0 Å². The molecular formula is C26H24ClN3O5S. The summed E-state index contributed by atoms with van der Waals surface area (Å²) in [5.74, 6) is -1.74. The third-order valence-electron chi connectivity index (χ3n) is 5.69. The molecule has 0 bridgehead atoms. The number of halogens is 1. The number of hydrazone groups is 1. The normalized spacial score (nSPS) is 12.6. The fourth-order valence-corrected chi connectivity index (χ4v) is 5.25. The van der Waals surface area contributed by atoms with Crippen LogP contribution in [-0.4, -0.2) is 30.6 Å². The highest BCUT2D eigenvalue weighted by Gasteiger charge is 2.29. The minimum atomic E-state index is -0.946. The van der Waals surface area contributed by atoms with Crippen molar-refractivity contribution in [2.45, 2.75) is 32.8 Å². The van der Waals surface area contributed by atoms with Crippen LogP contribution in [0.5, 0.6) is 5.75 Å². The predicted molar refractivity (Wildman–Crippen MR) is 139 cm³/mol. The number of rotatable bonds is 7. The van der Waals surface area contributed by atoms with E-state index in [4.69, 9.17) is 21.1 Å². The summed E-state index contributed by atoms with van der Waals surface area (Å²) in [6.07, 6.45) is 2.52. The zero-order valence-corrected chi connectivity index (χ0v) is 21.3. The predicted octanol–water partition coefficient (Wildman–Crippen LogP) is 4.73. The third-order valence-corrected chi connectivity index (χ3v) is 7.27. The third kappa shape index (κ3) is 5.75. The molecule has 1 heterocycles. The number of carbonyl (C=O) groups is 3. The zero-order chi connectivity index (χ0) is 25.7. The van der Waals surface area contributed by atoms with Gasteiger partial charge >= 0.3 is 17.8 Å². The summed E-state index contributed by atoms with van der Waals surface area (Å²) in [7, 11) is 1.29. The number of anilines is 1. The molecule has 4 rings (SSSR count). The first-order valence-electron chi connectivity index (χ1n) is 11.2. The number of amides is 2. The fourth-order valence-electron chi connectivity index (χ4n) is 3.79. The molecular weight excluding hydrogens is 502 g/mol. The second kappa shape index (κ2) is 11.4. The monoisotopic (exact) mass is 525 g/mol. The van der Waals surface area contributed by atoms with Gasteiger partial charge in [-0.05, 0) is 67.6 Å². The van der Waals surface area contributed by atoms with E-state index >= 15 is 0 Å². The molecule has 1 aliphatic carbocycles. The number of nitrogens with zero attached hydrogens (tertiary/aromatic N) is 1. The lowest BCUT2D eigenvalue weighted by atomic mass is 10.1. The average Bonchev–Trinajstić information content (AvgIpc) is 3.47. The molecule has 8 nitrogen and oxygen atoms in total. The smallest absolute Gasteiger partial charge is 0.341 e. The van der Waals surface area contributed by atoms with Crippen LogP contribution in [0.1, 0.15) is 45.3 Å². The van der Waals surface area contributed by atoms with Crippen molar-refractivity contribution < 1.29 is 23.9 Å². The number of hydrogen-bond donors (Lipinski definition) is 2. The van der Waals surface area contributed by atoms with Gasteiger partial charge in [0.25, 0.3) is 0 Å². The van der Waals surface area contributed by atoms with E-state index in [1.165, 1.54) is 18.4 Å². The lowest BCUT2D eigenvalue weighted by Crippen LogP contribution is -2.33. The Balaban J connectivity index is 1.34. The Morgan fingerprint density at radius 3 is 2.53 bits per heavy atom. The van der Waals surface area contributed by atoms with Crippen molar-refractivity contribution in [2.24, 2.45) is 5.10 Å². The largest absolute Gasteiger partial charge is 0.489 e. The van der Waals surface area contributed by atoms with E-state index in [1.807, 2.05) is 24.3 Å². The number of ether oxygens (including phenoxy) is 2. The number of benzene rings is 2. The maximum atomic E-state index is 12.4. The quantitative estimate of drug-likeness (QED) is 0.201. The standard InChI is InChI=1S/C26H24ClN3O5S/c1-15(16-10-12-18(13-11-16)35-14-17-6-3-4-8-20(17)27)29-30-24(32)23(31)28-25-22(26(33)34-2)19-7-5-9-21(19)36-25/h3-4,6,8,10-13H,5,7,9,14H2,1-2H3,(H,28,31)(H,30,32)/b29-15+. The minimum Gasteiger partial charge on any atom is -0.489 e. The van der Waals surface area contributed by atoms with E-state index in [-0.39, 0.29) is 0 Å². The molecule has 0 aliphatic heterocycles. The highest BCUT2D eigenvalue weighted by atomic mass is 35.5. The van der Waals surface area contributed by atoms with Gasteiger partial charge in [0.1, 0.15) is 17.4 Å². The molecule has 1 aliphatic rings. The molecule has 0 saturated carbocycles. The summed E-state index contributed by atoms with van der Waals surface area (Å²) in [4.78, 5) is 38.0. The maximum absolute atomic E-state index is 12.4. The number of fused-ring (bicyclic) bond motifs is 1. The first-order chi connectivity index (χ1) is 17.4. The molecule has 0 atom stereocenters. The Bertz CT molecular complexity index is 1330. The van der Waals surface area contributed by atoms with E-state index in [9.17, 15) is 14.4 Å². The van der Waals surface area contributed by atoms with Gasteiger partial charge in [-0.2, -0.15) is 5.10 Å². The van der Waals surface area contributed by atoms with Crippen LogP contribution >= 0.6 is 22.9 Å². The van der Waals surface area contributed by atoms with Crippen LogP contribution in [-0.2, 0) is 33.8 Å². The van der Waals surface area contributed by atoms with Gasteiger partial charge in [0.15, 0.2) is 0 Å². The van der Waals surface area contributed by atoms with Gasteiger partial charge < -0.3 is 14.8 Å². The molecule has 3 aromatic rings. The van der Waals surface area contributed by atoms with Gasteiger partial charge in [-0.25, -0.2) is 10.2 Å². The van der Waals surface area contributed by atoms with Crippen molar-refractivity contribution in [3.05, 3.63) is 80.7 Å². The molecule has 186 valence electrons. The minimum absolute atomic E-state index is 0.319. The van der Waals surface area contributed by atoms with E-state index in [1.54, 1.807) is 31.2 Å². The number of esters is 1. The summed E-state index contributed by atoms with van der Waals surface area (Å²) in [6, 6.07) is 14.6. The first-order valence-corrected chi connectivity index (χ1v) is 12.4. The number of aryl methyl sites for hydroxylation is 1. The number of thiophene rings is 1. The molecule has 0 spiro atoms. The molecule has 1 aromatic heterocycles. The van der Waals surface area contributed by atoms with E-state index < -0.39 is 17.8 Å². The van der Waals surface area contributed by atoms with Crippen molar-refractivity contribution in [2.75, 3.05) is 12.4 Å². The molecule has 2 N–H and O–H groups in total. The van der Waals surface area contributed by atoms with Crippen LogP contribution < -0.4 is 15.5 Å². The van der Waals surface area contributed by atoms with Crippen LogP contribution in [0.4, 0.5) is 5.00 Å². The van der Waals surface area contributed by atoms with E-state index in [0.717, 1.165) is 40.8 Å². The Hall–Kier alpha value is -3.69. The number of nitrogens with one attached hydrogen (secondary N) is 2. The molecule has 0 saturated heterocycles. The Morgan fingerprint density at radius 2 is 1.81 bits per heavy atom. The SMILES string of the molecule is COC(=O)c1c(NC(=O)C(=O)N/N=C(\C)c2ccc(OCc3ccccc3Cl)cc2)sc2c1CCC2. The number of methoxy groups -OCH3 is 1. The Kier molecular flexibility index (Phi) is 8.02. The molecule has 0 unspecified atom stereocenters. The van der Waals surface area contributed by atoms with Crippen LogP contribution in [0, 0.1) is 0 Å². The molecule has 10 heteroatoms. The summed E-state index contributed by atoms with van der Waals surface area (Å²) >= 11 is 7.45. The topological polar surface area (TPSA) is 106 Å². The van der Waals surface area contributed by atoms with Gasteiger partial charge in [0.05, 0.1) is 18.4 Å². The van der Waals surface area contributed by atoms with Gasteiger partial charge in [-0.3, -0.25) is 9.59 Å². The van der Waals surface area contributed by atoms with Crippen LogP contribution in [0.25, 0.3) is 0 Å². The highest BCUT2D eigenvalue weighted by Crippen LogP contribution is 2.39. The van der Waals surface area contributed by atoms with Crippen LogP contribution in [0.2, 0.25) is 5.02 Å². The van der Waals surface area contributed by atoms with Crippen molar-refractivity contribution in [1.82, 2.24) is 5.43 Å². The van der Waals surface area contributed by atoms with Gasteiger partial charge in [-0.1, -0.05) is 29.8 Å². The van der Waals surface area contributed by atoms with Gasteiger partial charge in [0, 0.05) is 15.5 Å². The number of hydrogen-bond acceptors (Lipinski definition) is 7. The molecule has 0 fully saturated rings. The van der Waals surface area contributed by atoms with Crippen LogP contribution in [0.3, 0.4) is 0 Å². The summed E-state index contributed by atoms with van der Waals surface area (Å²) in [5.41, 5.74) is 5.59. The van der Waals surface area contributed by atoms with Crippen molar-refractivity contribution >= 4 is 51.4 Å². The van der Waals surface area contributed by atoms with E-state index in [2.05, 4.69) is 15.8 Å². The first kappa shape index (κ1) is 25.4. The molecule has 36 heavy (non-hydrogen) atoms. The summed E-state index contributed by atoms with van der Waals surface area (Å²) in [5, 5.41) is 7.51. The second-order valence-corrected chi connectivity index (χ2v) is 9.56. The second-order valence-electron chi connectivity index (χ2n) is 8.05. The summed E-state index contributed by atoms with van der Waals surface area (Å²) in [6.45, 7) is 2.04. The molecule has 2 amide bonds. The molecule has 0 radical (unpaired) electrons. The maximum Gasteiger partial charge on any atom is 0.341 e. The molecule has 2 aromatic carbocycles. The van der Waals surface area contributed by atoms with E-state index in [0.29, 0.717) is 33.7 Å².